The van der Waals surface area contributed by atoms with Crippen molar-refractivity contribution in [1.82, 2.24) is 0 Å². The molecule has 0 spiro atoms. The van der Waals surface area contributed by atoms with Crippen molar-refractivity contribution in [1.29, 1.82) is 5.26 Å². The number of hydrogen-bond donors (Lipinski definition) is 1. The van der Waals surface area contributed by atoms with Crippen molar-refractivity contribution >= 4 is 0 Å². The Hall–Kier alpha value is -1.23. The molecule has 1 aliphatic rings. The van der Waals surface area contributed by atoms with Gasteiger partial charge in [0, 0.05) is 12.0 Å². The molecule has 1 rings (SSSR count). The molecule has 0 saturated carbocycles. The van der Waals surface area contributed by atoms with E-state index in [-0.39, 0.29) is 5.76 Å². The van der Waals surface area contributed by atoms with Crippen molar-refractivity contribution in [3.8, 4) is 6.07 Å². The first-order valence-electron chi connectivity index (χ1n) is 2.32. The van der Waals surface area contributed by atoms with E-state index in [0.29, 0.717) is 12.0 Å². The maximum Gasteiger partial charge on any atom is 0.0974 e. The summed E-state index contributed by atoms with van der Waals surface area (Å²) >= 11 is 0. The first kappa shape index (κ1) is 4.92. The minimum Gasteiger partial charge on any atom is -0.512 e. The first-order chi connectivity index (χ1) is 3.83. The fraction of sp³-hybridized carbons (Fsp3) is 0.167. The van der Waals surface area contributed by atoms with Crippen LogP contribution in [0.4, 0.5) is 0 Å². The summed E-state index contributed by atoms with van der Waals surface area (Å²) in [5.41, 5.74) is 0.627. The Bertz CT molecular complexity index is 195. The Morgan fingerprint density at radius 1 is 1.62 bits per heavy atom. The molecule has 0 radical (unpaired) electrons. The Labute approximate surface area is 47.4 Å². The zero-order chi connectivity index (χ0) is 5.98. The van der Waals surface area contributed by atoms with E-state index < -0.39 is 0 Å². The van der Waals surface area contributed by atoms with Crippen LogP contribution in [0.15, 0.2) is 23.5 Å². The van der Waals surface area contributed by atoms with Crippen LogP contribution in [-0.4, -0.2) is 5.11 Å². The van der Waals surface area contributed by atoms with Crippen LogP contribution in [0.2, 0.25) is 0 Å². The van der Waals surface area contributed by atoms with Crippen molar-refractivity contribution in [2.24, 2.45) is 0 Å². The van der Waals surface area contributed by atoms with E-state index in [4.69, 9.17) is 10.4 Å². The molecule has 0 amide bonds. The predicted molar refractivity (Wildman–Crippen MR) is 29.0 cm³/mol. The average Bonchev–Trinajstić information content (AvgIpc) is 2.14. The molecule has 0 fully saturated rings. The van der Waals surface area contributed by atoms with Gasteiger partial charge in [-0.1, -0.05) is 0 Å². The highest BCUT2D eigenvalue weighted by molar-refractivity contribution is 5.35. The molecule has 0 unspecified atom stereocenters. The second kappa shape index (κ2) is 1.71. The van der Waals surface area contributed by atoms with E-state index in [1.807, 2.05) is 6.07 Å². The van der Waals surface area contributed by atoms with Gasteiger partial charge in [-0.25, -0.2) is 0 Å². The minimum atomic E-state index is 0.279. The minimum absolute atomic E-state index is 0.279. The lowest BCUT2D eigenvalue weighted by Gasteiger charge is -1.84. The molecule has 0 heterocycles. The van der Waals surface area contributed by atoms with Gasteiger partial charge in [-0.2, -0.15) is 5.26 Å². The molecule has 40 valence electrons. The molecule has 8 heavy (non-hydrogen) atoms. The van der Waals surface area contributed by atoms with E-state index in [1.54, 1.807) is 12.2 Å². The summed E-state index contributed by atoms with van der Waals surface area (Å²) in [6.07, 6.45) is 3.57. The summed E-state index contributed by atoms with van der Waals surface area (Å²) in [6, 6.07) is 1.94. The first-order valence-corrected chi connectivity index (χ1v) is 2.32. The van der Waals surface area contributed by atoms with E-state index in [9.17, 15) is 0 Å². The van der Waals surface area contributed by atoms with Crippen LogP contribution in [0.3, 0.4) is 0 Å². The van der Waals surface area contributed by atoms with Gasteiger partial charge in [0.2, 0.25) is 0 Å². The fourth-order valence-electron chi connectivity index (χ4n) is 0.587. The highest BCUT2D eigenvalue weighted by Crippen LogP contribution is 2.14. The van der Waals surface area contributed by atoms with Gasteiger partial charge in [-0.05, 0) is 12.2 Å². The Balaban J connectivity index is 2.66. The largest absolute Gasteiger partial charge is 0.512 e. The molecule has 0 aromatic rings. The third-order valence-corrected chi connectivity index (χ3v) is 0.992. The van der Waals surface area contributed by atoms with Crippen molar-refractivity contribution in [3.05, 3.63) is 23.5 Å². The molecule has 0 aromatic carbocycles. The van der Waals surface area contributed by atoms with Crippen LogP contribution < -0.4 is 0 Å². The molecule has 1 N–H and O–H groups in total. The number of hydrogen-bond acceptors (Lipinski definition) is 2. The van der Waals surface area contributed by atoms with Gasteiger partial charge in [-0.15, -0.1) is 0 Å². The van der Waals surface area contributed by atoms with Gasteiger partial charge in [0.25, 0.3) is 0 Å². The lowest BCUT2D eigenvalue weighted by atomic mass is 10.2. The van der Waals surface area contributed by atoms with Crippen LogP contribution >= 0.6 is 0 Å². The highest BCUT2D eigenvalue weighted by Gasteiger charge is 2.03. The number of aliphatic hydroxyl groups is 1. The lowest BCUT2D eigenvalue weighted by Crippen LogP contribution is -1.74. The van der Waals surface area contributed by atoms with Gasteiger partial charge in [-0.3, -0.25) is 0 Å². The van der Waals surface area contributed by atoms with Gasteiger partial charge in [0.05, 0.1) is 11.8 Å². The summed E-state index contributed by atoms with van der Waals surface area (Å²) in [7, 11) is 0. The standard InChI is InChI=1S/C6H5NO/c7-4-5-1-2-6(8)3-5/h1-2,8H,3H2. The number of nitriles is 1. The predicted octanol–water partition coefficient (Wildman–Crippen LogP) is 1.28. The van der Waals surface area contributed by atoms with Gasteiger partial charge in [0.1, 0.15) is 0 Å². The van der Waals surface area contributed by atoms with Gasteiger partial charge < -0.3 is 5.11 Å². The van der Waals surface area contributed by atoms with Crippen molar-refractivity contribution < 1.29 is 5.11 Å². The zero-order valence-electron chi connectivity index (χ0n) is 4.26. The van der Waals surface area contributed by atoms with Crippen LogP contribution in [-0.2, 0) is 0 Å². The molecule has 0 aromatic heterocycles. The molecular formula is C6H5NO. The van der Waals surface area contributed by atoms with E-state index in [0.717, 1.165) is 0 Å². The molecule has 0 atom stereocenters. The zero-order valence-corrected chi connectivity index (χ0v) is 4.26. The lowest BCUT2D eigenvalue weighted by molar-refractivity contribution is 0.403. The fourth-order valence-corrected chi connectivity index (χ4v) is 0.587. The Morgan fingerprint density at radius 2 is 2.38 bits per heavy atom. The molecule has 0 bridgehead atoms. The van der Waals surface area contributed by atoms with Crippen molar-refractivity contribution in [3.63, 3.8) is 0 Å². The third-order valence-electron chi connectivity index (χ3n) is 0.992. The molecule has 2 nitrogen and oxygen atoms in total. The van der Waals surface area contributed by atoms with Gasteiger partial charge >= 0.3 is 0 Å². The maximum absolute atomic E-state index is 8.69. The summed E-state index contributed by atoms with van der Waals surface area (Å²) in [4.78, 5) is 0. The quantitative estimate of drug-likeness (QED) is 0.506. The molecular weight excluding hydrogens is 102 g/mol. The van der Waals surface area contributed by atoms with Crippen LogP contribution in [0.1, 0.15) is 6.42 Å². The number of rotatable bonds is 0. The summed E-state index contributed by atoms with van der Waals surface area (Å²) in [5.74, 6) is 0.279. The second-order valence-corrected chi connectivity index (χ2v) is 1.64. The van der Waals surface area contributed by atoms with Crippen LogP contribution in [0, 0.1) is 11.3 Å². The number of nitrogens with zero attached hydrogens (tertiary/aromatic N) is 1. The number of aliphatic hydroxyl groups excluding tert-OH is 1. The van der Waals surface area contributed by atoms with Crippen molar-refractivity contribution in [2.45, 2.75) is 6.42 Å². The summed E-state index contributed by atoms with van der Waals surface area (Å²) in [6.45, 7) is 0. The monoisotopic (exact) mass is 107 g/mol. The Kier molecular flexibility index (Phi) is 1.05. The smallest absolute Gasteiger partial charge is 0.0974 e. The van der Waals surface area contributed by atoms with Gasteiger partial charge in [0.15, 0.2) is 0 Å². The number of allylic oxidation sites excluding steroid dienone is 3. The molecule has 0 aliphatic heterocycles. The average molecular weight is 107 g/mol. The van der Waals surface area contributed by atoms with E-state index in [1.165, 1.54) is 0 Å². The summed E-state index contributed by atoms with van der Waals surface area (Å²) in [5, 5.41) is 16.9. The maximum atomic E-state index is 8.69. The van der Waals surface area contributed by atoms with E-state index in [2.05, 4.69) is 0 Å². The molecule has 0 saturated heterocycles. The topological polar surface area (TPSA) is 44.0 Å². The Morgan fingerprint density at radius 3 is 2.62 bits per heavy atom. The van der Waals surface area contributed by atoms with Crippen LogP contribution in [0.5, 0.6) is 0 Å². The second-order valence-electron chi connectivity index (χ2n) is 1.64. The van der Waals surface area contributed by atoms with Crippen molar-refractivity contribution in [2.75, 3.05) is 0 Å². The summed E-state index contributed by atoms with van der Waals surface area (Å²) < 4.78 is 0. The molecule has 2 heteroatoms. The SMILES string of the molecule is N#CC1=CC=C(O)C1. The normalized spacial score (nSPS) is 16.9. The third kappa shape index (κ3) is 0.710. The molecule has 1 aliphatic carbocycles. The van der Waals surface area contributed by atoms with Crippen LogP contribution in [0.25, 0.3) is 0 Å². The highest BCUT2D eigenvalue weighted by atomic mass is 16.3. The van der Waals surface area contributed by atoms with E-state index >= 15 is 0 Å².